The summed E-state index contributed by atoms with van der Waals surface area (Å²) < 4.78 is 15.4. The smallest absolute Gasteiger partial charge is 0.324 e. The van der Waals surface area contributed by atoms with Crippen LogP contribution in [-0.4, -0.2) is 41.9 Å². The topological polar surface area (TPSA) is 66.4 Å². The molecule has 0 saturated carbocycles. The number of methoxy groups -OCH3 is 1. The van der Waals surface area contributed by atoms with Crippen molar-refractivity contribution in [3.05, 3.63) is 5.28 Å². The molecule has 7 heteroatoms. The zero-order chi connectivity index (χ0) is 12.5. The molecule has 0 radical (unpaired) electrons. The quantitative estimate of drug-likeness (QED) is 0.664. The minimum atomic E-state index is 0.0405. The summed E-state index contributed by atoms with van der Waals surface area (Å²) in [6.45, 7) is 3.71. The number of ether oxygens (including phenoxy) is 3. The molecule has 0 aliphatic carbocycles. The van der Waals surface area contributed by atoms with Gasteiger partial charge in [-0.15, -0.1) is 4.98 Å². The van der Waals surface area contributed by atoms with Crippen LogP contribution in [0.5, 0.6) is 12.0 Å². The molecule has 1 rings (SSSR count). The summed E-state index contributed by atoms with van der Waals surface area (Å²) in [5, 5.41) is 0.0405. The van der Waals surface area contributed by atoms with Gasteiger partial charge in [0.05, 0.1) is 13.7 Å². The third-order valence-electron chi connectivity index (χ3n) is 1.85. The van der Waals surface area contributed by atoms with Gasteiger partial charge in [0.2, 0.25) is 5.28 Å². The van der Waals surface area contributed by atoms with Gasteiger partial charge in [0, 0.05) is 6.61 Å². The van der Waals surface area contributed by atoms with Gasteiger partial charge in [0.25, 0.3) is 0 Å². The van der Waals surface area contributed by atoms with Crippen LogP contribution in [0.15, 0.2) is 0 Å². The highest BCUT2D eigenvalue weighted by atomic mass is 35.5. The van der Waals surface area contributed by atoms with Gasteiger partial charge in [-0.3, -0.25) is 0 Å². The van der Waals surface area contributed by atoms with E-state index in [1.807, 2.05) is 0 Å². The van der Waals surface area contributed by atoms with Crippen molar-refractivity contribution >= 4 is 11.6 Å². The first kappa shape index (κ1) is 13.9. The Bertz CT molecular complexity index is 339. The van der Waals surface area contributed by atoms with Gasteiger partial charge in [-0.25, -0.2) is 0 Å². The van der Waals surface area contributed by atoms with E-state index in [2.05, 4.69) is 21.9 Å². The van der Waals surface area contributed by atoms with E-state index in [0.29, 0.717) is 13.2 Å². The molecule has 0 bridgehead atoms. The number of halogens is 1. The molecule has 0 spiro atoms. The fourth-order valence-corrected chi connectivity index (χ4v) is 1.16. The number of unbranched alkanes of at least 4 members (excludes halogenated alkanes) is 1. The number of aromatic nitrogens is 3. The minimum absolute atomic E-state index is 0.0405. The van der Waals surface area contributed by atoms with E-state index in [0.717, 1.165) is 19.4 Å². The van der Waals surface area contributed by atoms with Crippen molar-refractivity contribution in [3.63, 3.8) is 0 Å². The summed E-state index contributed by atoms with van der Waals surface area (Å²) in [6.07, 6.45) is 2.16. The van der Waals surface area contributed by atoms with E-state index in [4.69, 9.17) is 25.8 Å². The molecule has 0 aliphatic rings. The Morgan fingerprint density at radius 1 is 1.06 bits per heavy atom. The van der Waals surface area contributed by atoms with Crippen molar-refractivity contribution in [2.75, 3.05) is 26.9 Å². The normalized spacial score (nSPS) is 10.3. The van der Waals surface area contributed by atoms with Gasteiger partial charge in [-0.05, 0) is 18.0 Å². The largest absolute Gasteiger partial charge is 0.467 e. The molecular formula is C10H16ClN3O3. The molecule has 0 saturated heterocycles. The van der Waals surface area contributed by atoms with Gasteiger partial charge >= 0.3 is 12.0 Å². The molecule has 96 valence electrons. The predicted molar refractivity (Wildman–Crippen MR) is 62.6 cm³/mol. The van der Waals surface area contributed by atoms with Gasteiger partial charge in [-0.1, -0.05) is 13.3 Å². The summed E-state index contributed by atoms with van der Waals surface area (Å²) in [5.41, 5.74) is 0. The molecule has 17 heavy (non-hydrogen) atoms. The second-order valence-electron chi connectivity index (χ2n) is 3.19. The molecule has 0 aromatic carbocycles. The van der Waals surface area contributed by atoms with Crippen LogP contribution >= 0.6 is 11.6 Å². The Labute approximate surface area is 105 Å². The van der Waals surface area contributed by atoms with E-state index >= 15 is 0 Å². The van der Waals surface area contributed by atoms with Crippen LogP contribution in [0.3, 0.4) is 0 Å². The van der Waals surface area contributed by atoms with E-state index in [-0.39, 0.29) is 17.3 Å². The third kappa shape index (κ3) is 5.65. The second-order valence-corrected chi connectivity index (χ2v) is 3.53. The standard InChI is InChI=1S/C10H16ClN3O3/c1-3-4-5-16-6-7-17-10-13-8(11)12-9(14-10)15-2/h3-7H2,1-2H3. The lowest BCUT2D eigenvalue weighted by atomic mass is 10.4. The van der Waals surface area contributed by atoms with Crippen LogP contribution in [0, 0.1) is 0 Å². The van der Waals surface area contributed by atoms with Crippen molar-refractivity contribution in [1.29, 1.82) is 0 Å². The maximum absolute atomic E-state index is 5.66. The van der Waals surface area contributed by atoms with E-state index in [1.54, 1.807) is 0 Å². The molecule has 1 aromatic rings. The Balaban J connectivity index is 2.28. The van der Waals surface area contributed by atoms with Gasteiger partial charge in [0.15, 0.2) is 0 Å². The second kappa shape index (κ2) is 8.03. The van der Waals surface area contributed by atoms with Crippen LogP contribution in [-0.2, 0) is 4.74 Å². The molecular weight excluding hydrogens is 246 g/mol. The van der Waals surface area contributed by atoms with Crippen molar-refractivity contribution in [2.45, 2.75) is 19.8 Å². The van der Waals surface area contributed by atoms with E-state index in [1.165, 1.54) is 7.11 Å². The fourth-order valence-electron chi connectivity index (χ4n) is 1.01. The molecule has 1 aromatic heterocycles. The molecule has 0 atom stereocenters. The maximum atomic E-state index is 5.66. The first-order valence-corrected chi connectivity index (χ1v) is 5.80. The van der Waals surface area contributed by atoms with Gasteiger partial charge < -0.3 is 14.2 Å². The molecule has 0 fully saturated rings. The summed E-state index contributed by atoms with van der Waals surface area (Å²) in [6, 6.07) is 0.271. The highest BCUT2D eigenvalue weighted by Crippen LogP contribution is 2.12. The summed E-state index contributed by atoms with van der Waals surface area (Å²) in [5.74, 6) is 0. The first-order valence-electron chi connectivity index (χ1n) is 5.42. The summed E-state index contributed by atoms with van der Waals surface area (Å²) in [4.78, 5) is 11.4. The van der Waals surface area contributed by atoms with Crippen molar-refractivity contribution in [1.82, 2.24) is 15.0 Å². The van der Waals surface area contributed by atoms with E-state index < -0.39 is 0 Å². The van der Waals surface area contributed by atoms with Crippen LogP contribution in [0.2, 0.25) is 5.28 Å². The Hall–Kier alpha value is -1.14. The van der Waals surface area contributed by atoms with E-state index in [9.17, 15) is 0 Å². The zero-order valence-corrected chi connectivity index (χ0v) is 10.7. The zero-order valence-electron chi connectivity index (χ0n) is 9.98. The lowest BCUT2D eigenvalue weighted by Gasteiger charge is -2.06. The monoisotopic (exact) mass is 261 g/mol. The number of hydrogen-bond donors (Lipinski definition) is 0. The average Bonchev–Trinajstić information content (AvgIpc) is 2.33. The van der Waals surface area contributed by atoms with Crippen molar-refractivity contribution in [3.8, 4) is 12.0 Å². The Kier molecular flexibility index (Phi) is 6.57. The van der Waals surface area contributed by atoms with Crippen molar-refractivity contribution < 1.29 is 14.2 Å². The fraction of sp³-hybridized carbons (Fsp3) is 0.700. The average molecular weight is 262 g/mol. The molecule has 0 aliphatic heterocycles. The molecule has 1 heterocycles. The molecule has 0 unspecified atom stereocenters. The Morgan fingerprint density at radius 2 is 1.82 bits per heavy atom. The predicted octanol–water partition coefficient (Wildman–Crippen LogP) is 1.73. The molecule has 0 N–H and O–H groups in total. The number of hydrogen-bond acceptors (Lipinski definition) is 6. The maximum Gasteiger partial charge on any atom is 0.324 e. The highest BCUT2D eigenvalue weighted by Gasteiger charge is 2.05. The number of nitrogens with zero attached hydrogens (tertiary/aromatic N) is 3. The minimum Gasteiger partial charge on any atom is -0.467 e. The third-order valence-corrected chi connectivity index (χ3v) is 2.02. The van der Waals surface area contributed by atoms with Gasteiger partial charge in [0.1, 0.15) is 6.61 Å². The van der Waals surface area contributed by atoms with Crippen molar-refractivity contribution in [2.24, 2.45) is 0 Å². The van der Waals surface area contributed by atoms with Crippen LogP contribution < -0.4 is 9.47 Å². The lowest BCUT2D eigenvalue weighted by molar-refractivity contribution is 0.0943. The van der Waals surface area contributed by atoms with Crippen LogP contribution in [0.4, 0.5) is 0 Å². The van der Waals surface area contributed by atoms with Crippen LogP contribution in [0.1, 0.15) is 19.8 Å². The molecule has 6 nitrogen and oxygen atoms in total. The first-order chi connectivity index (χ1) is 8.26. The SMILES string of the molecule is CCCCOCCOc1nc(Cl)nc(OC)n1. The van der Waals surface area contributed by atoms with Gasteiger partial charge in [-0.2, -0.15) is 9.97 Å². The Morgan fingerprint density at radius 3 is 2.53 bits per heavy atom. The molecule has 0 amide bonds. The highest BCUT2D eigenvalue weighted by molar-refractivity contribution is 6.28. The lowest BCUT2D eigenvalue weighted by Crippen LogP contribution is -2.10. The van der Waals surface area contributed by atoms with Crippen LogP contribution in [0.25, 0.3) is 0 Å². The number of rotatable bonds is 8. The summed E-state index contributed by atoms with van der Waals surface area (Å²) in [7, 11) is 1.45. The summed E-state index contributed by atoms with van der Waals surface area (Å²) >= 11 is 5.66.